The highest BCUT2D eigenvalue weighted by atomic mass is 79.9. The van der Waals surface area contributed by atoms with Gasteiger partial charge in [-0.05, 0) is 74.3 Å². The molecular formula is C17H17Br2N3OS. The number of hydrogen-bond acceptors (Lipinski definition) is 3. The molecule has 2 aromatic carbocycles. The fourth-order valence-corrected chi connectivity index (χ4v) is 3.54. The van der Waals surface area contributed by atoms with Crippen LogP contribution in [0.1, 0.15) is 18.1 Å². The first-order chi connectivity index (χ1) is 11.6. The molecule has 7 heteroatoms. The second-order valence-electron chi connectivity index (χ2n) is 4.82. The summed E-state index contributed by atoms with van der Waals surface area (Å²) in [5, 5.41) is 7.56. The lowest BCUT2D eigenvalue weighted by Gasteiger charge is -2.11. The molecule has 0 atom stereocenters. The van der Waals surface area contributed by atoms with Gasteiger partial charge >= 0.3 is 0 Å². The molecule has 0 aliphatic rings. The molecule has 0 amide bonds. The number of nitrogens with zero attached hydrogens (tertiary/aromatic N) is 1. The van der Waals surface area contributed by atoms with Crippen LogP contribution >= 0.6 is 44.1 Å². The Morgan fingerprint density at radius 1 is 1.21 bits per heavy atom. The van der Waals surface area contributed by atoms with Crippen molar-refractivity contribution in [2.45, 2.75) is 13.5 Å². The van der Waals surface area contributed by atoms with Gasteiger partial charge in [0.05, 0.1) is 15.2 Å². The van der Waals surface area contributed by atoms with Crippen molar-refractivity contribution < 1.29 is 4.74 Å². The van der Waals surface area contributed by atoms with E-state index in [1.807, 2.05) is 49.4 Å². The second-order valence-corrected chi connectivity index (χ2v) is 6.93. The first-order valence-electron chi connectivity index (χ1n) is 7.32. The molecule has 0 saturated carbocycles. The number of halogens is 2. The lowest BCUT2D eigenvalue weighted by molar-refractivity contribution is 0.302. The van der Waals surface area contributed by atoms with Gasteiger partial charge in [0.15, 0.2) is 5.11 Å². The molecule has 0 heterocycles. The normalized spacial score (nSPS) is 10.6. The van der Waals surface area contributed by atoms with Crippen molar-refractivity contribution in [3.8, 4) is 5.75 Å². The molecule has 0 aliphatic heterocycles. The van der Waals surface area contributed by atoms with E-state index >= 15 is 0 Å². The maximum atomic E-state index is 5.90. The van der Waals surface area contributed by atoms with E-state index in [1.165, 1.54) is 0 Å². The molecule has 2 N–H and O–H groups in total. The van der Waals surface area contributed by atoms with Crippen LogP contribution in [0.2, 0.25) is 0 Å². The van der Waals surface area contributed by atoms with Crippen molar-refractivity contribution in [1.82, 2.24) is 10.7 Å². The predicted molar refractivity (Wildman–Crippen MR) is 110 cm³/mol. The average molecular weight is 471 g/mol. The van der Waals surface area contributed by atoms with E-state index in [1.54, 1.807) is 6.21 Å². The minimum absolute atomic E-state index is 0.495. The summed E-state index contributed by atoms with van der Waals surface area (Å²) in [5.74, 6) is 0.757. The van der Waals surface area contributed by atoms with E-state index in [0.29, 0.717) is 11.7 Å². The summed E-state index contributed by atoms with van der Waals surface area (Å²) in [6.07, 6.45) is 1.69. The Hall–Kier alpha value is -1.44. The van der Waals surface area contributed by atoms with Gasteiger partial charge in [-0.3, -0.25) is 5.43 Å². The Labute approximate surface area is 163 Å². The third-order valence-electron chi connectivity index (χ3n) is 2.96. The van der Waals surface area contributed by atoms with Crippen molar-refractivity contribution in [3.05, 3.63) is 62.5 Å². The van der Waals surface area contributed by atoms with Gasteiger partial charge < -0.3 is 10.1 Å². The molecule has 4 nitrogen and oxygen atoms in total. The summed E-state index contributed by atoms with van der Waals surface area (Å²) >= 11 is 12.1. The minimum atomic E-state index is 0.495. The molecule has 0 spiro atoms. The molecule has 0 saturated heterocycles. The van der Waals surface area contributed by atoms with Crippen LogP contribution in [0, 0.1) is 0 Å². The monoisotopic (exact) mass is 469 g/mol. The molecule has 0 aromatic heterocycles. The highest BCUT2D eigenvalue weighted by Crippen LogP contribution is 2.35. The molecule has 2 rings (SSSR count). The third kappa shape index (κ3) is 5.89. The van der Waals surface area contributed by atoms with Crippen LogP contribution in [0.5, 0.6) is 5.75 Å². The summed E-state index contributed by atoms with van der Waals surface area (Å²) in [6.45, 7) is 3.23. The highest BCUT2D eigenvalue weighted by Gasteiger charge is 2.09. The van der Waals surface area contributed by atoms with Gasteiger partial charge in [-0.15, -0.1) is 0 Å². The summed E-state index contributed by atoms with van der Waals surface area (Å²) in [6, 6.07) is 13.9. The largest absolute Gasteiger partial charge is 0.487 e. The zero-order valence-corrected chi connectivity index (χ0v) is 17.0. The fourth-order valence-electron chi connectivity index (χ4n) is 1.89. The van der Waals surface area contributed by atoms with Gasteiger partial charge in [0.25, 0.3) is 0 Å². The van der Waals surface area contributed by atoms with Crippen LogP contribution in [-0.2, 0) is 6.61 Å². The highest BCUT2D eigenvalue weighted by molar-refractivity contribution is 9.11. The fraction of sp³-hybridized carbons (Fsp3) is 0.176. The standard InChI is InChI=1S/C17H17Br2N3OS/c1-2-20-17(24)22-21-10-13-8-14(18)16(15(19)9-13)23-11-12-6-4-3-5-7-12/h3-10H,2,11H2,1H3,(H2,20,22,24). The number of hydrazone groups is 1. The number of ether oxygens (including phenoxy) is 1. The number of hydrogen-bond donors (Lipinski definition) is 2. The Balaban J connectivity index is 2.02. The quantitative estimate of drug-likeness (QED) is 0.367. The van der Waals surface area contributed by atoms with Crippen molar-refractivity contribution in [2.24, 2.45) is 5.10 Å². The number of rotatable bonds is 6. The van der Waals surface area contributed by atoms with Crippen molar-refractivity contribution in [2.75, 3.05) is 6.54 Å². The van der Waals surface area contributed by atoms with Gasteiger partial charge in [0, 0.05) is 6.54 Å². The van der Waals surface area contributed by atoms with Gasteiger partial charge in [0.1, 0.15) is 12.4 Å². The van der Waals surface area contributed by atoms with Crippen LogP contribution in [0.25, 0.3) is 0 Å². The Bertz CT molecular complexity index is 700. The number of benzene rings is 2. The summed E-state index contributed by atoms with van der Waals surface area (Å²) in [5.41, 5.74) is 4.78. The summed E-state index contributed by atoms with van der Waals surface area (Å²) < 4.78 is 7.60. The van der Waals surface area contributed by atoms with Crippen LogP contribution < -0.4 is 15.5 Å². The minimum Gasteiger partial charge on any atom is -0.487 e. The van der Waals surface area contributed by atoms with E-state index in [-0.39, 0.29) is 0 Å². The van der Waals surface area contributed by atoms with E-state index in [2.05, 4.69) is 47.7 Å². The van der Waals surface area contributed by atoms with Gasteiger partial charge in [-0.1, -0.05) is 30.3 Å². The molecule has 126 valence electrons. The first-order valence-corrected chi connectivity index (χ1v) is 9.32. The molecule has 0 aliphatic carbocycles. The van der Waals surface area contributed by atoms with Crippen LogP contribution in [-0.4, -0.2) is 17.9 Å². The van der Waals surface area contributed by atoms with Crippen LogP contribution in [0.15, 0.2) is 56.5 Å². The molecule has 0 bridgehead atoms. The second kappa shape index (κ2) is 9.76. The predicted octanol–water partition coefficient (Wildman–Crippen LogP) is 4.61. The number of nitrogens with one attached hydrogen (secondary N) is 2. The molecule has 0 unspecified atom stereocenters. The lowest BCUT2D eigenvalue weighted by atomic mass is 10.2. The molecule has 0 fully saturated rings. The van der Waals surface area contributed by atoms with E-state index in [0.717, 1.165) is 32.4 Å². The van der Waals surface area contributed by atoms with Crippen molar-refractivity contribution >= 4 is 55.4 Å². The molecular weight excluding hydrogens is 454 g/mol. The zero-order chi connectivity index (χ0) is 17.4. The topological polar surface area (TPSA) is 45.7 Å². The Morgan fingerprint density at radius 2 is 1.88 bits per heavy atom. The third-order valence-corrected chi connectivity index (χ3v) is 4.38. The summed E-state index contributed by atoms with van der Waals surface area (Å²) in [4.78, 5) is 0. The Morgan fingerprint density at radius 3 is 2.50 bits per heavy atom. The maximum absolute atomic E-state index is 5.90. The first kappa shape index (κ1) is 18.9. The van der Waals surface area contributed by atoms with Crippen LogP contribution in [0.4, 0.5) is 0 Å². The van der Waals surface area contributed by atoms with E-state index in [4.69, 9.17) is 17.0 Å². The maximum Gasteiger partial charge on any atom is 0.186 e. The van der Waals surface area contributed by atoms with Crippen molar-refractivity contribution in [3.63, 3.8) is 0 Å². The molecule has 2 aromatic rings. The van der Waals surface area contributed by atoms with Gasteiger partial charge in [-0.25, -0.2) is 0 Å². The molecule has 0 radical (unpaired) electrons. The zero-order valence-electron chi connectivity index (χ0n) is 13.1. The smallest absolute Gasteiger partial charge is 0.186 e. The lowest BCUT2D eigenvalue weighted by Crippen LogP contribution is -2.31. The summed E-state index contributed by atoms with van der Waals surface area (Å²) in [7, 11) is 0. The van der Waals surface area contributed by atoms with Gasteiger partial charge in [0.2, 0.25) is 0 Å². The SMILES string of the molecule is CCNC(=S)NN=Cc1cc(Br)c(OCc2ccccc2)c(Br)c1. The number of thiocarbonyl (C=S) groups is 1. The molecule has 24 heavy (non-hydrogen) atoms. The average Bonchev–Trinajstić information content (AvgIpc) is 2.55. The Kier molecular flexibility index (Phi) is 7.68. The van der Waals surface area contributed by atoms with E-state index < -0.39 is 0 Å². The van der Waals surface area contributed by atoms with Gasteiger partial charge in [-0.2, -0.15) is 5.10 Å². The van der Waals surface area contributed by atoms with Crippen LogP contribution in [0.3, 0.4) is 0 Å². The van der Waals surface area contributed by atoms with Crippen molar-refractivity contribution in [1.29, 1.82) is 0 Å². The van der Waals surface area contributed by atoms with E-state index in [9.17, 15) is 0 Å².